The van der Waals surface area contributed by atoms with Crippen LogP contribution in [0.4, 0.5) is 13.2 Å². The molecule has 1 N–H and O–H groups in total. The molecule has 0 aromatic heterocycles. The standard InChI is InChI=1S/C9H5F3O3S/c10-9(11,12)8(16)15-6-4-2-1-3-5(6)7(13)14/h1-4H,(H,13,14). The van der Waals surface area contributed by atoms with E-state index in [0.717, 1.165) is 12.1 Å². The fraction of sp³-hybridized carbons (Fsp3) is 0.111. The molecule has 16 heavy (non-hydrogen) atoms. The van der Waals surface area contributed by atoms with Crippen molar-refractivity contribution in [2.75, 3.05) is 0 Å². The Labute approximate surface area is 93.5 Å². The van der Waals surface area contributed by atoms with E-state index in [-0.39, 0.29) is 5.56 Å². The molecule has 1 aromatic rings. The SMILES string of the molecule is O=C(O)c1ccccc1OC(=S)C(F)(F)F. The van der Waals surface area contributed by atoms with Gasteiger partial charge < -0.3 is 9.84 Å². The largest absolute Gasteiger partial charge is 0.478 e. The summed E-state index contributed by atoms with van der Waals surface area (Å²) in [5.74, 6) is -1.82. The zero-order valence-corrected chi connectivity index (χ0v) is 8.43. The number of alkyl halides is 3. The van der Waals surface area contributed by atoms with Gasteiger partial charge in [-0.2, -0.15) is 13.2 Å². The Morgan fingerprint density at radius 3 is 2.38 bits per heavy atom. The number of ether oxygens (including phenoxy) is 1. The van der Waals surface area contributed by atoms with Crippen molar-refractivity contribution in [2.45, 2.75) is 6.18 Å². The van der Waals surface area contributed by atoms with Gasteiger partial charge in [-0.1, -0.05) is 12.1 Å². The second-order valence-electron chi connectivity index (χ2n) is 2.69. The van der Waals surface area contributed by atoms with Crippen LogP contribution in [0.3, 0.4) is 0 Å². The molecule has 0 aliphatic carbocycles. The molecule has 1 aromatic carbocycles. The molecule has 0 spiro atoms. The van der Waals surface area contributed by atoms with Crippen molar-refractivity contribution in [3.8, 4) is 5.75 Å². The Bertz CT molecular complexity index is 428. The van der Waals surface area contributed by atoms with Crippen molar-refractivity contribution < 1.29 is 27.8 Å². The van der Waals surface area contributed by atoms with Gasteiger partial charge >= 0.3 is 12.1 Å². The number of rotatable bonds is 2. The quantitative estimate of drug-likeness (QED) is 0.820. The fourth-order valence-corrected chi connectivity index (χ4v) is 0.980. The molecule has 0 aliphatic heterocycles. The lowest BCUT2D eigenvalue weighted by molar-refractivity contribution is -0.0677. The molecule has 86 valence electrons. The Kier molecular flexibility index (Phi) is 3.48. The number of aromatic carboxylic acids is 1. The maximum Gasteiger partial charge on any atom is 0.460 e. The lowest BCUT2D eigenvalue weighted by Gasteiger charge is -2.11. The Morgan fingerprint density at radius 1 is 1.31 bits per heavy atom. The van der Waals surface area contributed by atoms with Crippen LogP contribution >= 0.6 is 12.2 Å². The molecule has 0 saturated carbocycles. The molecule has 0 heterocycles. The fourth-order valence-electron chi connectivity index (χ4n) is 0.890. The third-order valence-corrected chi connectivity index (χ3v) is 1.87. The molecule has 0 aliphatic rings. The van der Waals surface area contributed by atoms with Gasteiger partial charge in [0.2, 0.25) is 0 Å². The minimum Gasteiger partial charge on any atom is -0.478 e. The lowest BCUT2D eigenvalue weighted by Crippen LogP contribution is -2.26. The number of halogens is 3. The van der Waals surface area contributed by atoms with Crippen LogP contribution in [0.2, 0.25) is 0 Å². The summed E-state index contributed by atoms with van der Waals surface area (Å²) < 4.78 is 40.5. The van der Waals surface area contributed by atoms with E-state index in [2.05, 4.69) is 17.0 Å². The molecule has 0 fully saturated rings. The number of hydrogen-bond acceptors (Lipinski definition) is 3. The van der Waals surface area contributed by atoms with Crippen LogP contribution in [-0.2, 0) is 0 Å². The molecule has 0 bridgehead atoms. The van der Waals surface area contributed by atoms with Gasteiger partial charge in [0.1, 0.15) is 11.3 Å². The van der Waals surface area contributed by atoms with Crippen LogP contribution in [-0.4, -0.2) is 22.3 Å². The van der Waals surface area contributed by atoms with E-state index in [1.807, 2.05) is 0 Å². The first-order chi connectivity index (χ1) is 7.32. The highest BCUT2D eigenvalue weighted by atomic mass is 32.1. The van der Waals surface area contributed by atoms with Crippen molar-refractivity contribution >= 4 is 23.2 Å². The first-order valence-corrected chi connectivity index (χ1v) is 4.34. The van der Waals surface area contributed by atoms with Crippen LogP contribution in [0.25, 0.3) is 0 Å². The van der Waals surface area contributed by atoms with Gasteiger partial charge in [0, 0.05) is 0 Å². The van der Waals surface area contributed by atoms with Crippen molar-refractivity contribution in [1.82, 2.24) is 0 Å². The van der Waals surface area contributed by atoms with E-state index in [1.54, 1.807) is 0 Å². The number of carboxylic acid groups (broad SMARTS) is 1. The predicted molar refractivity (Wildman–Crippen MR) is 52.7 cm³/mol. The lowest BCUT2D eigenvalue weighted by atomic mass is 10.2. The zero-order chi connectivity index (χ0) is 12.3. The number of carboxylic acids is 1. The van der Waals surface area contributed by atoms with E-state index < -0.39 is 22.9 Å². The third kappa shape index (κ3) is 2.93. The summed E-state index contributed by atoms with van der Waals surface area (Å²) in [6.45, 7) is 0. The first kappa shape index (κ1) is 12.4. The minimum atomic E-state index is -4.79. The van der Waals surface area contributed by atoms with Crippen LogP contribution in [0.5, 0.6) is 5.75 Å². The highest BCUT2D eigenvalue weighted by molar-refractivity contribution is 7.80. The molecule has 0 amide bonds. The maximum atomic E-state index is 12.1. The van der Waals surface area contributed by atoms with Gasteiger partial charge in [-0.05, 0) is 24.4 Å². The summed E-state index contributed by atoms with van der Waals surface area (Å²) in [7, 11) is 0. The molecule has 0 radical (unpaired) electrons. The first-order valence-electron chi connectivity index (χ1n) is 3.93. The van der Waals surface area contributed by atoms with Crippen LogP contribution in [0.15, 0.2) is 24.3 Å². The third-order valence-electron chi connectivity index (χ3n) is 1.55. The zero-order valence-electron chi connectivity index (χ0n) is 7.62. The summed E-state index contributed by atoms with van der Waals surface area (Å²) in [5, 5.41) is 7.05. The Hall–Kier alpha value is -1.63. The average molecular weight is 250 g/mol. The molecule has 1 rings (SSSR count). The molecular formula is C9H5F3O3S. The smallest absolute Gasteiger partial charge is 0.460 e. The number of thiocarbonyl (C=S) groups is 1. The average Bonchev–Trinajstić information content (AvgIpc) is 2.16. The van der Waals surface area contributed by atoms with E-state index >= 15 is 0 Å². The topological polar surface area (TPSA) is 46.5 Å². The van der Waals surface area contributed by atoms with Crippen molar-refractivity contribution in [2.24, 2.45) is 0 Å². The predicted octanol–water partition coefficient (Wildman–Crippen LogP) is 2.65. The Morgan fingerprint density at radius 2 is 1.88 bits per heavy atom. The minimum absolute atomic E-state index is 0.380. The summed E-state index contributed by atoms with van der Waals surface area (Å²) in [4.78, 5) is 10.6. The van der Waals surface area contributed by atoms with Gasteiger partial charge in [-0.15, -0.1) is 0 Å². The van der Waals surface area contributed by atoms with Crippen molar-refractivity contribution in [3.63, 3.8) is 0 Å². The van der Waals surface area contributed by atoms with E-state index in [0.29, 0.717) is 0 Å². The number of carbonyl (C=O) groups is 1. The second-order valence-corrected chi connectivity index (χ2v) is 3.06. The summed E-state index contributed by atoms with van der Waals surface area (Å²) >= 11 is 3.98. The van der Waals surface area contributed by atoms with Crippen LogP contribution in [0, 0.1) is 0 Å². The van der Waals surface area contributed by atoms with Gasteiger partial charge in [-0.25, -0.2) is 4.79 Å². The van der Waals surface area contributed by atoms with Gasteiger partial charge in [-0.3, -0.25) is 0 Å². The van der Waals surface area contributed by atoms with Crippen molar-refractivity contribution in [3.05, 3.63) is 29.8 Å². The highest BCUT2D eigenvalue weighted by Crippen LogP contribution is 2.24. The number of hydrogen-bond donors (Lipinski definition) is 1. The summed E-state index contributed by atoms with van der Waals surface area (Å²) in [6, 6.07) is 4.94. The molecule has 7 heteroatoms. The molecular weight excluding hydrogens is 245 g/mol. The highest BCUT2D eigenvalue weighted by Gasteiger charge is 2.37. The van der Waals surface area contributed by atoms with Crippen LogP contribution in [0.1, 0.15) is 10.4 Å². The second kappa shape index (κ2) is 4.48. The summed E-state index contributed by atoms with van der Waals surface area (Å²) in [5.41, 5.74) is -0.380. The van der Waals surface area contributed by atoms with Gasteiger partial charge in [0.15, 0.2) is 0 Å². The Balaban J connectivity index is 2.98. The molecule has 0 saturated heterocycles. The molecule has 3 nitrogen and oxygen atoms in total. The van der Waals surface area contributed by atoms with E-state index in [4.69, 9.17) is 5.11 Å². The van der Waals surface area contributed by atoms with Gasteiger partial charge in [0.05, 0.1) is 0 Å². The molecule has 0 unspecified atom stereocenters. The monoisotopic (exact) mass is 250 g/mol. The van der Waals surface area contributed by atoms with Crippen molar-refractivity contribution in [1.29, 1.82) is 0 Å². The maximum absolute atomic E-state index is 12.1. The summed E-state index contributed by atoms with van der Waals surface area (Å²) in [6.07, 6.45) is -4.79. The van der Waals surface area contributed by atoms with E-state index in [9.17, 15) is 18.0 Å². The number of benzene rings is 1. The molecule has 0 atom stereocenters. The van der Waals surface area contributed by atoms with Gasteiger partial charge in [0.25, 0.3) is 5.05 Å². The van der Waals surface area contributed by atoms with E-state index in [1.165, 1.54) is 12.1 Å². The van der Waals surface area contributed by atoms with Crippen LogP contribution < -0.4 is 4.74 Å². The number of para-hydroxylation sites is 1. The normalized spacial score (nSPS) is 10.9.